The fourth-order valence-corrected chi connectivity index (χ4v) is 3.15. The van der Waals surface area contributed by atoms with Crippen LogP contribution in [0, 0.1) is 27.7 Å². The van der Waals surface area contributed by atoms with E-state index in [0.29, 0.717) is 17.1 Å². The molecule has 1 aliphatic rings. The first-order valence-electron chi connectivity index (χ1n) is 8.54. The van der Waals surface area contributed by atoms with Crippen molar-refractivity contribution in [3.8, 4) is 11.5 Å². The van der Waals surface area contributed by atoms with E-state index in [4.69, 9.17) is 14.2 Å². The zero-order chi connectivity index (χ0) is 18.8. The molecule has 1 aliphatic heterocycles. The maximum atomic E-state index is 12.6. The van der Waals surface area contributed by atoms with Crippen molar-refractivity contribution in [1.29, 1.82) is 0 Å². The lowest BCUT2D eigenvalue weighted by Gasteiger charge is -2.24. The predicted molar refractivity (Wildman–Crippen MR) is 97.0 cm³/mol. The van der Waals surface area contributed by atoms with Crippen molar-refractivity contribution < 1.29 is 23.8 Å². The predicted octanol–water partition coefficient (Wildman–Crippen LogP) is 3.49. The Kier molecular flexibility index (Phi) is 4.98. The number of hydrogen-bond acceptors (Lipinski definition) is 5. The number of para-hydroxylation sites is 2. The van der Waals surface area contributed by atoms with E-state index in [0.717, 1.165) is 22.3 Å². The Hall–Kier alpha value is -2.82. The number of carbonyl (C=O) groups excluding carboxylic acids is 2. The van der Waals surface area contributed by atoms with Gasteiger partial charge in [0.25, 0.3) is 0 Å². The van der Waals surface area contributed by atoms with Gasteiger partial charge in [0, 0.05) is 5.56 Å². The topological polar surface area (TPSA) is 61.8 Å². The minimum Gasteiger partial charge on any atom is -0.485 e. The van der Waals surface area contributed by atoms with Crippen molar-refractivity contribution in [2.45, 2.75) is 33.8 Å². The van der Waals surface area contributed by atoms with Crippen LogP contribution < -0.4 is 9.47 Å². The molecule has 2 aromatic rings. The molecule has 26 heavy (non-hydrogen) atoms. The van der Waals surface area contributed by atoms with Gasteiger partial charge in [0.2, 0.25) is 11.9 Å². The number of rotatable bonds is 4. The molecular weight excluding hydrogens is 332 g/mol. The van der Waals surface area contributed by atoms with Gasteiger partial charge in [0.1, 0.15) is 6.61 Å². The summed E-state index contributed by atoms with van der Waals surface area (Å²) in [6, 6.07) is 9.10. The molecule has 5 nitrogen and oxygen atoms in total. The summed E-state index contributed by atoms with van der Waals surface area (Å²) < 4.78 is 16.3. The second-order valence-electron chi connectivity index (χ2n) is 6.53. The molecule has 0 aromatic heterocycles. The first kappa shape index (κ1) is 18.0. The lowest BCUT2D eigenvalue weighted by atomic mass is 9.92. The largest absolute Gasteiger partial charge is 0.485 e. The average Bonchev–Trinajstić information content (AvgIpc) is 2.63. The third-order valence-electron chi connectivity index (χ3n) is 4.75. The summed E-state index contributed by atoms with van der Waals surface area (Å²) in [5, 5.41) is 0. The van der Waals surface area contributed by atoms with Gasteiger partial charge in [-0.3, -0.25) is 4.79 Å². The summed E-state index contributed by atoms with van der Waals surface area (Å²) >= 11 is 0. The van der Waals surface area contributed by atoms with E-state index >= 15 is 0 Å². The molecule has 0 aliphatic carbocycles. The maximum absolute atomic E-state index is 12.6. The molecule has 0 bridgehead atoms. The van der Waals surface area contributed by atoms with E-state index < -0.39 is 12.1 Å². The molecule has 0 spiro atoms. The molecule has 1 atom stereocenters. The van der Waals surface area contributed by atoms with Crippen LogP contribution in [0.3, 0.4) is 0 Å². The molecule has 136 valence electrons. The normalized spacial score (nSPS) is 15.5. The number of ketones is 1. The Morgan fingerprint density at radius 3 is 2.46 bits per heavy atom. The highest BCUT2D eigenvalue weighted by Gasteiger charge is 2.29. The fourth-order valence-electron chi connectivity index (χ4n) is 3.15. The fraction of sp³-hybridized carbons (Fsp3) is 0.333. The summed E-state index contributed by atoms with van der Waals surface area (Å²) in [6.45, 7) is 7.55. The lowest BCUT2D eigenvalue weighted by Crippen LogP contribution is -2.38. The molecule has 0 unspecified atom stereocenters. The van der Waals surface area contributed by atoms with Gasteiger partial charge in [0.15, 0.2) is 18.1 Å². The van der Waals surface area contributed by atoms with E-state index in [1.54, 1.807) is 18.2 Å². The lowest BCUT2D eigenvalue weighted by molar-refractivity contribution is -0.153. The van der Waals surface area contributed by atoms with Gasteiger partial charge in [-0.1, -0.05) is 18.2 Å². The van der Waals surface area contributed by atoms with Gasteiger partial charge in [-0.2, -0.15) is 0 Å². The number of hydrogen-bond donors (Lipinski definition) is 0. The summed E-state index contributed by atoms with van der Waals surface area (Å²) in [7, 11) is 0. The molecule has 0 amide bonds. The first-order chi connectivity index (χ1) is 12.4. The summed E-state index contributed by atoms with van der Waals surface area (Å²) in [6.07, 6.45) is -0.875. The van der Waals surface area contributed by atoms with Crippen LogP contribution in [-0.2, 0) is 9.53 Å². The molecule has 1 heterocycles. The van der Waals surface area contributed by atoms with E-state index in [2.05, 4.69) is 0 Å². The summed E-state index contributed by atoms with van der Waals surface area (Å²) in [5.41, 5.74) is 4.64. The van der Waals surface area contributed by atoms with Crippen LogP contribution in [0.5, 0.6) is 11.5 Å². The van der Waals surface area contributed by atoms with Gasteiger partial charge in [-0.25, -0.2) is 4.79 Å². The molecule has 3 rings (SSSR count). The molecule has 0 radical (unpaired) electrons. The second kappa shape index (κ2) is 7.20. The van der Waals surface area contributed by atoms with Crippen molar-refractivity contribution >= 4 is 11.8 Å². The Bertz CT molecular complexity index is 869. The highest BCUT2D eigenvalue weighted by atomic mass is 16.6. The number of fused-ring (bicyclic) bond motifs is 1. The van der Waals surface area contributed by atoms with Crippen molar-refractivity contribution in [3.63, 3.8) is 0 Å². The molecule has 0 saturated heterocycles. The van der Waals surface area contributed by atoms with E-state index in [1.165, 1.54) is 0 Å². The zero-order valence-electron chi connectivity index (χ0n) is 15.4. The van der Waals surface area contributed by atoms with Crippen LogP contribution in [-0.4, -0.2) is 31.1 Å². The molecule has 0 N–H and O–H groups in total. The van der Waals surface area contributed by atoms with Crippen molar-refractivity contribution in [2.24, 2.45) is 0 Å². The van der Waals surface area contributed by atoms with Gasteiger partial charge >= 0.3 is 5.97 Å². The Morgan fingerprint density at radius 2 is 1.73 bits per heavy atom. The minimum absolute atomic E-state index is 0.0612. The van der Waals surface area contributed by atoms with Gasteiger partial charge in [-0.05, 0) is 62.1 Å². The molecule has 0 saturated carbocycles. The molecular formula is C21H22O5. The smallest absolute Gasteiger partial charge is 0.351 e. The van der Waals surface area contributed by atoms with Gasteiger partial charge < -0.3 is 14.2 Å². The number of esters is 1. The van der Waals surface area contributed by atoms with Crippen LogP contribution in [0.2, 0.25) is 0 Å². The average molecular weight is 354 g/mol. The standard InChI is InChI=1S/C21H22O5/c1-12-9-13(2)20(15(4)14(12)3)16(22)10-25-21(23)19-11-24-17-7-5-6-8-18(17)26-19/h5-9,19H,10-11H2,1-4H3/t19-/m1/s1. The molecule has 0 fully saturated rings. The van der Waals surface area contributed by atoms with E-state index in [-0.39, 0.29) is 19.0 Å². The minimum atomic E-state index is -0.875. The highest BCUT2D eigenvalue weighted by Crippen LogP contribution is 2.31. The van der Waals surface area contributed by atoms with Crippen LogP contribution >= 0.6 is 0 Å². The Balaban J connectivity index is 1.66. The third kappa shape index (κ3) is 3.43. The Labute approximate surface area is 152 Å². The summed E-state index contributed by atoms with van der Waals surface area (Å²) in [5.74, 6) is 0.266. The van der Waals surface area contributed by atoms with Crippen LogP contribution in [0.1, 0.15) is 32.6 Å². The van der Waals surface area contributed by atoms with Crippen molar-refractivity contribution in [2.75, 3.05) is 13.2 Å². The number of aryl methyl sites for hydroxylation is 2. The van der Waals surface area contributed by atoms with E-state index in [1.807, 2.05) is 39.8 Å². The number of carbonyl (C=O) groups is 2. The van der Waals surface area contributed by atoms with Gasteiger partial charge in [0.05, 0.1) is 0 Å². The first-order valence-corrected chi connectivity index (χ1v) is 8.54. The second-order valence-corrected chi connectivity index (χ2v) is 6.53. The number of ether oxygens (including phenoxy) is 3. The molecule has 5 heteroatoms. The molecule has 2 aromatic carbocycles. The number of benzene rings is 2. The summed E-state index contributed by atoms with van der Waals surface area (Å²) in [4.78, 5) is 24.8. The third-order valence-corrected chi connectivity index (χ3v) is 4.75. The van der Waals surface area contributed by atoms with Crippen LogP contribution in [0.15, 0.2) is 30.3 Å². The van der Waals surface area contributed by atoms with Crippen LogP contribution in [0.25, 0.3) is 0 Å². The monoisotopic (exact) mass is 354 g/mol. The van der Waals surface area contributed by atoms with Crippen molar-refractivity contribution in [3.05, 3.63) is 58.1 Å². The van der Waals surface area contributed by atoms with Gasteiger partial charge in [-0.15, -0.1) is 0 Å². The zero-order valence-corrected chi connectivity index (χ0v) is 15.4. The maximum Gasteiger partial charge on any atom is 0.351 e. The Morgan fingerprint density at radius 1 is 1.04 bits per heavy atom. The van der Waals surface area contributed by atoms with Crippen molar-refractivity contribution in [1.82, 2.24) is 0 Å². The van der Waals surface area contributed by atoms with Crippen LogP contribution in [0.4, 0.5) is 0 Å². The quantitative estimate of drug-likeness (QED) is 0.621. The highest BCUT2D eigenvalue weighted by molar-refractivity contribution is 6.01. The van der Waals surface area contributed by atoms with E-state index in [9.17, 15) is 9.59 Å². The number of Topliss-reactive ketones (excluding diaryl/α,β-unsaturated/α-hetero) is 1. The SMILES string of the molecule is Cc1cc(C)c(C(=O)COC(=O)[C@H]2COc3ccccc3O2)c(C)c1C.